The number of hydrogen-bond donors (Lipinski definition) is 5. The van der Waals surface area contributed by atoms with Crippen LogP contribution in [0.2, 0.25) is 0 Å². The molecule has 5 N–H and O–H groups in total. The first kappa shape index (κ1) is 30.2. The van der Waals surface area contributed by atoms with Gasteiger partial charge in [0.05, 0.1) is 6.54 Å². The topological polar surface area (TPSA) is 208 Å². The van der Waals surface area contributed by atoms with Crippen LogP contribution in [0, 0.1) is 6.92 Å². The van der Waals surface area contributed by atoms with E-state index in [0.29, 0.717) is 36.9 Å². The highest BCUT2D eigenvalue weighted by Crippen LogP contribution is 2.22. The van der Waals surface area contributed by atoms with Crippen LogP contribution < -0.4 is 5.32 Å². The molecule has 1 fully saturated rings. The van der Waals surface area contributed by atoms with Gasteiger partial charge in [0.2, 0.25) is 5.95 Å². The maximum atomic E-state index is 9.55. The third kappa shape index (κ3) is 10.9. The molecule has 0 amide bonds. The summed E-state index contributed by atoms with van der Waals surface area (Å²) in [4.78, 5) is 49.8. The third-order valence-corrected chi connectivity index (χ3v) is 5.08. The highest BCUT2D eigenvalue weighted by atomic mass is 16.4. The molecule has 0 radical (unpaired) electrons. The molecular formula is C25H29N5O9. The summed E-state index contributed by atoms with van der Waals surface area (Å²) >= 11 is 0. The molecule has 1 aliphatic heterocycles. The smallest absolute Gasteiger partial charge is 0.328 e. The number of likely N-dealkylation sites (N-methyl/N-ethyl adjacent to an activating group) is 1. The molecule has 1 unspecified atom stereocenters. The van der Waals surface area contributed by atoms with Crippen LogP contribution in [0.25, 0.3) is 11.2 Å². The van der Waals surface area contributed by atoms with Crippen LogP contribution in [0.4, 0.5) is 5.95 Å². The molecule has 1 aliphatic rings. The summed E-state index contributed by atoms with van der Waals surface area (Å²) in [6, 6.07) is 8.34. The number of pyridine rings is 1. The van der Waals surface area contributed by atoms with Crippen LogP contribution in [-0.2, 0) is 25.7 Å². The number of nitrogens with zero attached hydrogens (tertiary/aromatic N) is 4. The maximum Gasteiger partial charge on any atom is 0.328 e. The zero-order chi connectivity index (χ0) is 28.9. The number of anilines is 1. The lowest BCUT2D eigenvalue weighted by molar-refractivity contribution is -0.134. The zero-order valence-corrected chi connectivity index (χ0v) is 21.2. The van der Waals surface area contributed by atoms with Crippen molar-refractivity contribution in [2.45, 2.75) is 25.9 Å². The van der Waals surface area contributed by atoms with Gasteiger partial charge in [-0.15, -0.1) is 0 Å². The van der Waals surface area contributed by atoms with Gasteiger partial charge in [-0.05, 0) is 51.2 Å². The number of aliphatic carboxylic acids is 4. The number of nitrogens with one attached hydrogen (secondary N) is 1. The second-order valence-electron chi connectivity index (χ2n) is 8.29. The molecule has 1 atom stereocenters. The van der Waals surface area contributed by atoms with E-state index in [1.54, 1.807) is 6.20 Å². The minimum Gasteiger partial charge on any atom is -0.478 e. The van der Waals surface area contributed by atoms with E-state index in [0.717, 1.165) is 48.1 Å². The fraction of sp³-hybridized carbons (Fsp3) is 0.280. The van der Waals surface area contributed by atoms with Crippen molar-refractivity contribution in [1.82, 2.24) is 19.4 Å². The Balaban J connectivity index is 0.000000277. The number of rotatable bonds is 8. The van der Waals surface area contributed by atoms with E-state index >= 15 is 0 Å². The van der Waals surface area contributed by atoms with Gasteiger partial charge in [0.15, 0.2) is 5.65 Å². The van der Waals surface area contributed by atoms with Gasteiger partial charge in [-0.2, -0.15) is 0 Å². The molecule has 4 rings (SSSR count). The first-order chi connectivity index (χ1) is 18.4. The fourth-order valence-corrected chi connectivity index (χ4v) is 3.46. The second kappa shape index (κ2) is 14.7. The molecule has 14 heteroatoms. The Morgan fingerprint density at radius 3 is 2.05 bits per heavy atom. The van der Waals surface area contributed by atoms with Gasteiger partial charge in [-0.25, -0.2) is 29.1 Å². The number of carboxylic acid groups (broad SMARTS) is 4. The van der Waals surface area contributed by atoms with E-state index in [9.17, 15) is 19.2 Å². The maximum absolute atomic E-state index is 9.55. The molecule has 0 aromatic carbocycles. The number of likely N-dealkylation sites (tertiary alicyclic amines) is 1. The Bertz CT molecular complexity index is 1290. The number of imidazole rings is 1. The van der Waals surface area contributed by atoms with Crippen LogP contribution >= 0.6 is 0 Å². The van der Waals surface area contributed by atoms with Crippen molar-refractivity contribution in [3.05, 3.63) is 66.3 Å². The van der Waals surface area contributed by atoms with Crippen molar-refractivity contribution in [3.63, 3.8) is 0 Å². The Morgan fingerprint density at radius 1 is 1.00 bits per heavy atom. The van der Waals surface area contributed by atoms with Crippen molar-refractivity contribution < 1.29 is 44.0 Å². The van der Waals surface area contributed by atoms with Gasteiger partial charge < -0.3 is 35.1 Å². The van der Waals surface area contributed by atoms with Crippen LogP contribution in [0.15, 0.2) is 59.2 Å². The van der Waals surface area contributed by atoms with Gasteiger partial charge >= 0.3 is 23.9 Å². The van der Waals surface area contributed by atoms with E-state index < -0.39 is 23.9 Å². The number of aryl methyl sites for hydroxylation is 1. The number of furan rings is 1. The van der Waals surface area contributed by atoms with Crippen LogP contribution in [0.3, 0.4) is 0 Å². The lowest BCUT2D eigenvalue weighted by atomic mass is 10.3. The molecule has 3 aromatic heterocycles. The van der Waals surface area contributed by atoms with E-state index in [4.69, 9.17) is 29.8 Å². The molecule has 3 aromatic rings. The third-order valence-electron chi connectivity index (χ3n) is 5.08. The summed E-state index contributed by atoms with van der Waals surface area (Å²) in [5.74, 6) is -2.32. The monoisotopic (exact) mass is 543 g/mol. The summed E-state index contributed by atoms with van der Waals surface area (Å²) in [5, 5.41) is 34.8. The first-order valence-corrected chi connectivity index (χ1v) is 11.5. The highest BCUT2D eigenvalue weighted by Gasteiger charge is 2.22. The molecule has 0 spiro atoms. The largest absolute Gasteiger partial charge is 0.478 e. The average Bonchev–Trinajstić information content (AvgIpc) is 3.56. The predicted octanol–water partition coefficient (Wildman–Crippen LogP) is 1.92. The lowest BCUT2D eigenvalue weighted by Crippen LogP contribution is -2.25. The number of fused-ring (bicyclic) bond motifs is 1. The van der Waals surface area contributed by atoms with E-state index in [-0.39, 0.29) is 0 Å². The summed E-state index contributed by atoms with van der Waals surface area (Å²) in [6.45, 7) is 4.75. The quantitative estimate of drug-likeness (QED) is 0.258. The normalized spacial score (nSPS) is 15.0. The van der Waals surface area contributed by atoms with Gasteiger partial charge in [-0.1, -0.05) is 0 Å². The van der Waals surface area contributed by atoms with Gasteiger partial charge in [0.25, 0.3) is 0 Å². The predicted molar refractivity (Wildman–Crippen MR) is 138 cm³/mol. The molecule has 208 valence electrons. The Hall–Kier alpha value is -4.98. The molecule has 14 nitrogen and oxygen atoms in total. The molecule has 0 aliphatic carbocycles. The number of carbonyl (C=O) groups is 4. The van der Waals surface area contributed by atoms with Gasteiger partial charge in [0.1, 0.15) is 17.0 Å². The standard InChI is InChI=1S/C17H21N5O.2C4H4O4/c1-12-5-6-14(23-12)11-22-16-15(4-3-8-18-16)20-17(22)19-13-7-9-21(2)10-13;2*5-3(6)1-2-4(7)8/h3-6,8,13H,7,9-11H2,1-2H3,(H,19,20);2*1-2H,(H,5,6)(H,7,8). The second-order valence-corrected chi connectivity index (χ2v) is 8.29. The van der Waals surface area contributed by atoms with E-state index in [1.807, 2.05) is 31.2 Å². The molecule has 4 heterocycles. The Labute approximate surface area is 222 Å². The number of carboxylic acids is 4. The summed E-state index contributed by atoms with van der Waals surface area (Å²) < 4.78 is 7.84. The van der Waals surface area contributed by atoms with Crippen LogP contribution in [0.5, 0.6) is 0 Å². The average molecular weight is 544 g/mol. The van der Waals surface area contributed by atoms with Crippen molar-refractivity contribution in [2.24, 2.45) is 0 Å². The van der Waals surface area contributed by atoms with Crippen molar-refractivity contribution in [3.8, 4) is 0 Å². The van der Waals surface area contributed by atoms with Crippen LogP contribution in [0.1, 0.15) is 17.9 Å². The van der Waals surface area contributed by atoms with E-state index in [1.165, 1.54) is 0 Å². The summed E-state index contributed by atoms with van der Waals surface area (Å²) in [7, 11) is 2.15. The van der Waals surface area contributed by atoms with Gasteiger partial charge in [0, 0.05) is 43.1 Å². The molecule has 1 saturated heterocycles. The Morgan fingerprint density at radius 2 is 1.59 bits per heavy atom. The highest BCUT2D eigenvalue weighted by molar-refractivity contribution is 5.90. The summed E-state index contributed by atoms with van der Waals surface area (Å²) in [6.07, 6.45) is 5.17. The number of hydrogen-bond acceptors (Lipinski definition) is 9. The van der Waals surface area contributed by atoms with Crippen LogP contribution in [-0.4, -0.2) is 89.9 Å². The molecular weight excluding hydrogens is 514 g/mol. The zero-order valence-electron chi connectivity index (χ0n) is 21.2. The van der Waals surface area contributed by atoms with E-state index in [2.05, 4.69) is 26.8 Å². The molecule has 0 bridgehead atoms. The fourth-order valence-electron chi connectivity index (χ4n) is 3.46. The molecule has 0 saturated carbocycles. The SMILES string of the molecule is Cc1ccc(Cn2c(NC3CCN(C)C3)nc3cccnc32)o1.O=C(O)C=CC(=O)O.O=C(O)C=CC(=O)O. The lowest BCUT2D eigenvalue weighted by Gasteiger charge is -2.15. The molecule has 39 heavy (non-hydrogen) atoms. The first-order valence-electron chi connectivity index (χ1n) is 11.5. The van der Waals surface area contributed by atoms with Gasteiger partial charge in [-0.3, -0.25) is 4.57 Å². The van der Waals surface area contributed by atoms with Crippen molar-refractivity contribution in [2.75, 3.05) is 25.5 Å². The van der Waals surface area contributed by atoms with Crippen molar-refractivity contribution >= 4 is 41.0 Å². The van der Waals surface area contributed by atoms with Crippen molar-refractivity contribution in [1.29, 1.82) is 0 Å². The minimum absolute atomic E-state index is 0.425. The Kier molecular flexibility index (Phi) is 11.4. The summed E-state index contributed by atoms with van der Waals surface area (Å²) in [5.41, 5.74) is 1.79. The number of aromatic nitrogens is 3. The minimum atomic E-state index is -1.26.